The average Bonchev–Trinajstić information content (AvgIpc) is 2.92. The zero-order chi connectivity index (χ0) is 14.7. The van der Waals surface area contributed by atoms with Gasteiger partial charge in [-0.2, -0.15) is 0 Å². The highest BCUT2D eigenvalue weighted by Gasteiger charge is 2.23. The fraction of sp³-hybridized carbons (Fsp3) is 0.471. The van der Waals surface area contributed by atoms with Crippen LogP contribution in [-0.4, -0.2) is 31.3 Å². The molecule has 1 aromatic heterocycles. The van der Waals surface area contributed by atoms with Crippen LogP contribution in [0.25, 0.3) is 10.9 Å². The Bertz CT molecular complexity index is 615. The number of fused-ring (bicyclic) bond motifs is 1. The van der Waals surface area contributed by atoms with Crippen LogP contribution in [0.4, 0.5) is 0 Å². The van der Waals surface area contributed by atoms with E-state index in [0.29, 0.717) is 12.0 Å². The first-order valence-corrected chi connectivity index (χ1v) is 7.53. The van der Waals surface area contributed by atoms with Crippen LogP contribution < -0.4 is 10.1 Å². The molecule has 0 aliphatic carbocycles. The van der Waals surface area contributed by atoms with Crippen molar-refractivity contribution in [2.24, 2.45) is 5.92 Å². The number of pyridine rings is 1. The lowest BCUT2D eigenvalue weighted by molar-refractivity contribution is 0.105. The summed E-state index contributed by atoms with van der Waals surface area (Å²) in [6.45, 7) is 4.79. The highest BCUT2D eigenvalue weighted by atomic mass is 16.5. The van der Waals surface area contributed by atoms with Gasteiger partial charge in [-0.1, -0.05) is 18.2 Å². The van der Waals surface area contributed by atoms with E-state index in [4.69, 9.17) is 14.5 Å². The molecule has 2 aromatic rings. The molecule has 0 radical (unpaired) electrons. The minimum atomic E-state index is 0.363. The number of hydrogen-bond donors (Lipinski definition) is 1. The van der Waals surface area contributed by atoms with Gasteiger partial charge in [0.2, 0.25) is 0 Å². The minimum Gasteiger partial charge on any atom is -0.494 e. The molecule has 1 N–H and O–H groups in total. The molecule has 0 bridgehead atoms. The van der Waals surface area contributed by atoms with Crippen LogP contribution in [0.1, 0.15) is 19.0 Å². The number of rotatable bonds is 5. The number of nitrogens with zero attached hydrogens (tertiary/aromatic N) is 1. The molecule has 1 aliphatic heterocycles. The monoisotopic (exact) mass is 286 g/mol. The predicted molar refractivity (Wildman–Crippen MR) is 83.5 cm³/mol. The number of para-hydroxylation sites is 1. The molecule has 3 rings (SSSR count). The van der Waals surface area contributed by atoms with E-state index in [9.17, 15) is 0 Å². The molecule has 1 fully saturated rings. The Morgan fingerprint density at radius 1 is 1.33 bits per heavy atom. The number of methoxy groups -OCH3 is 1. The lowest BCUT2D eigenvalue weighted by Crippen LogP contribution is -2.26. The van der Waals surface area contributed by atoms with Gasteiger partial charge >= 0.3 is 0 Å². The van der Waals surface area contributed by atoms with Crippen molar-refractivity contribution in [1.82, 2.24) is 10.3 Å². The zero-order valence-corrected chi connectivity index (χ0v) is 12.6. The second-order valence-electron chi connectivity index (χ2n) is 5.59. The Hall–Kier alpha value is -1.65. The van der Waals surface area contributed by atoms with E-state index in [-0.39, 0.29) is 0 Å². The van der Waals surface area contributed by atoms with Gasteiger partial charge in [-0.15, -0.1) is 0 Å². The molecule has 2 unspecified atom stereocenters. The molecule has 0 amide bonds. The van der Waals surface area contributed by atoms with Gasteiger partial charge in [0.05, 0.1) is 18.9 Å². The first kappa shape index (κ1) is 14.3. The second-order valence-corrected chi connectivity index (χ2v) is 5.59. The Balaban J connectivity index is 1.67. The van der Waals surface area contributed by atoms with Crippen LogP contribution in [0.3, 0.4) is 0 Å². The maximum absolute atomic E-state index is 5.58. The van der Waals surface area contributed by atoms with Crippen molar-refractivity contribution in [2.75, 3.05) is 20.3 Å². The molecule has 0 saturated carbocycles. The van der Waals surface area contributed by atoms with Crippen LogP contribution >= 0.6 is 0 Å². The molecule has 1 aliphatic rings. The minimum absolute atomic E-state index is 0.363. The van der Waals surface area contributed by atoms with Gasteiger partial charge in [0.25, 0.3) is 0 Å². The van der Waals surface area contributed by atoms with Crippen molar-refractivity contribution >= 4 is 10.9 Å². The predicted octanol–water partition coefficient (Wildman–Crippen LogP) is 2.76. The fourth-order valence-corrected chi connectivity index (χ4v) is 2.85. The summed E-state index contributed by atoms with van der Waals surface area (Å²) < 4.78 is 11.0. The summed E-state index contributed by atoms with van der Waals surface area (Å²) in [6, 6.07) is 10.2. The smallest absolute Gasteiger partial charge is 0.145 e. The van der Waals surface area contributed by atoms with E-state index in [1.165, 1.54) is 0 Å². The normalized spacial score (nSPS) is 21.8. The number of ether oxygens (including phenoxy) is 2. The summed E-state index contributed by atoms with van der Waals surface area (Å²) in [5.41, 5.74) is 1.97. The molecule has 21 heavy (non-hydrogen) atoms. The Labute approximate surface area is 125 Å². The van der Waals surface area contributed by atoms with E-state index in [1.807, 2.05) is 12.1 Å². The molecule has 1 aromatic carbocycles. The number of benzene rings is 1. The zero-order valence-electron chi connectivity index (χ0n) is 12.6. The highest BCUT2D eigenvalue weighted by molar-refractivity contribution is 5.84. The maximum atomic E-state index is 5.58. The molecule has 2 atom stereocenters. The Morgan fingerprint density at radius 3 is 3.00 bits per heavy atom. The van der Waals surface area contributed by atoms with E-state index >= 15 is 0 Å². The lowest BCUT2D eigenvalue weighted by Gasteiger charge is -2.14. The third kappa shape index (κ3) is 3.17. The van der Waals surface area contributed by atoms with Crippen molar-refractivity contribution < 1.29 is 9.47 Å². The number of hydrogen-bond acceptors (Lipinski definition) is 4. The summed E-state index contributed by atoms with van der Waals surface area (Å²) in [7, 11) is 1.68. The summed E-state index contributed by atoms with van der Waals surface area (Å²) in [4.78, 5) is 4.71. The van der Waals surface area contributed by atoms with E-state index < -0.39 is 0 Å². The topological polar surface area (TPSA) is 43.4 Å². The third-order valence-electron chi connectivity index (χ3n) is 4.21. The van der Waals surface area contributed by atoms with Gasteiger partial charge in [-0.05, 0) is 31.4 Å². The Kier molecular flexibility index (Phi) is 4.36. The summed E-state index contributed by atoms with van der Waals surface area (Å²) in [5, 5.41) is 4.60. The molecule has 4 nitrogen and oxygen atoms in total. The van der Waals surface area contributed by atoms with Crippen molar-refractivity contribution in [3.8, 4) is 5.75 Å². The van der Waals surface area contributed by atoms with Gasteiger partial charge in [-0.25, -0.2) is 4.98 Å². The second kappa shape index (κ2) is 6.41. The number of nitrogens with one attached hydrogen (secondary N) is 1. The van der Waals surface area contributed by atoms with Gasteiger partial charge < -0.3 is 14.8 Å². The molecule has 0 spiro atoms. The largest absolute Gasteiger partial charge is 0.494 e. The third-order valence-corrected chi connectivity index (χ3v) is 4.21. The van der Waals surface area contributed by atoms with Crippen molar-refractivity contribution in [1.29, 1.82) is 0 Å². The van der Waals surface area contributed by atoms with Crippen LogP contribution in [0.15, 0.2) is 30.3 Å². The lowest BCUT2D eigenvalue weighted by atomic mass is 10.0. The van der Waals surface area contributed by atoms with E-state index in [0.717, 1.165) is 48.5 Å². The molecular weight excluding hydrogens is 264 g/mol. The van der Waals surface area contributed by atoms with Gasteiger partial charge in [0.1, 0.15) is 11.3 Å². The molecule has 112 valence electrons. The van der Waals surface area contributed by atoms with Crippen LogP contribution in [-0.2, 0) is 11.3 Å². The van der Waals surface area contributed by atoms with Gasteiger partial charge in [-0.3, -0.25) is 0 Å². The first-order chi connectivity index (χ1) is 10.3. The Morgan fingerprint density at radius 2 is 2.24 bits per heavy atom. The molecule has 2 heterocycles. The highest BCUT2D eigenvalue weighted by Crippen LogP contribution is 2.23. The quantitative estimate of drug-likeness (QED) is 0.918. The summed E-state index contributed by atoms with van der Waals surface area (Å²) >= 11 is 0. The van der Waals surface area contributed by atoms with E-state index in [2.05, 4.69) is 30.4 Å². The maximum Gasteiger partial charge on any atom is 0.145 e. The molecular formula is C17H22N2O2. The fourth-order valence-electron chi connectivity index (χ4n) is 2.85. The van der Waals surface area contributed by atoms with Gasteiger partial charge in [0.15, 0.2) is 0 Å². The van der Waals surface area contributed by atoms with Gasteiger partial charge in [0, 0.05) is 25.1 Å². The molecule has 1 saturated heterocycles. The van der Waals surface area contributed by atoms with Crippen LogP contribution in [0.2, 0.25) is 0 Å². The van der Waals surface area contributed by atoms with Crippen LogP contribution in [0.5, 0.6) is 5.75 Å². The average molecular weight is 286 g/mol. The van der Waals surface area contributed by atoms with Crippen molar-refractivity contribution in [2.45, 2.75) is 26.0 Å². The van der Waals surface area contributed by atoms with Crippen molar-refractivity contribution in [3.63, 3.8) is 0 Å². The molecule has 4 heteroatoms. The summed E-state index contributed by atoms with van der Waals surface area (Å²) in [6.07, 6.45) is 1.51. The SMILES string of the molecule is COc1cccc2ccc(CNCC3CCOC3C)nc12. The standard InChI is InChI=1S/C17H22N2O2/c1-12-14(8-9-21-12)10-18-11-15-7-6-13-4-3-5-16(20-2)17(13)19-15/h3-7,12,14,18H,8-11H2,1-2H3. The summed E-state index contributed by atoms with van der Waals surface area (Å²) in [5.74, 6) is 1.44. The van der Waals surface area contributed by atoms with Crippen LogP contribution in [0, 0.1) is 5.92 Å². The first-order valence-electron chi connectivity index (χ1n) is 7.53. The van der Waals surface area contributed by atoms with Crippen molar-refractivity contribution in [3.05, 3.63) is 36.0 Å². The van der Waals surface area contributed by atoms with E-state index in [1.54, 1.807) is 7.11 Å². The number of aromatic nitrogens is 1.